The fourth-order valence-corrected chi connectivity index (χ4v) is 2.56. The second kappa shape index (κ2) is 7.01. The summed E-state index contributed by atoms with van der Waals surface area (Å²) in [5.41, 5.74) is 8.90. The van der Waals surface area contributed by atoms with Gasteiger partial charge >= 0.3 is 0 Å². The first-order valence-corrected chi connectivity index (χ1v) is 7.46. The lowest BCUT2D eigenvalue weighted by Crippen LogP contribution is -2.33. The van der Waals surface area contributed by atoms with Gasteiger partial charge in [-0.15, -0.1) is 12.4 Å². The summed E-state index contributed by atoms with van der Waals surface area (Å²) in [5.74, 6) is -0.267. The molecule has 0 radical (unpaired) electrons. The maximum Gasteiger partial charge on any atom is 0.254 e. The summed E-state index contributed by atoms with van der Waals surface area (Å²) in [6.07, 6.45) is 2.04. The first kappa shape index (κ1) is 17.3. The first-order chi connectivity index (χ1) is 10.5. The normalized spacial score (nSPS) is 13.3. The minimum Gasteiger partial charge on any atom is -0.399 e. The molecule has 1 aliphatic carbocycles. The van der Waals surface area contributed by atoms with Crippen molar-refractivity contribution in [3.05, 3.63) is 65.0 Å². The summed E-state index contributed by atoms with van der Waals surface area (Å²) >= 11 is 0. The van der Waals surface area contributed by atoms with E-state index in [4.69, 9.17) is 5.73 Å². The Kier molecular flexibility index (Phi) is 5.26. The third-order valence-electron chi connectivity index (χ3n) is 4.01. The Hall–Kier alpha value is -2.07. The van der Waals surface area contributed by atoms with E-state index in [-0.39, 0.29) is 30.2 Å². The van der Waals surface area contributed by atoms with Crippen LogP contribution in [0.4, 0.5) is 10.1 Å². The summed E-state index contributed by atoms with van der Waals surface area (Å²) in [6.45, 7) is 2.41. The Labute approximate surface area is 141 Å². The van der Waals surface area contributed by atoms with Crippen LogP contribution in [0.2, 0.25) is 0 Å². The van der Waals surface area contributed by atoms with Crippen molar-refractivity contribution >= 4 is 24.0 Å². The molecule has 0 atom stereocenters. The molecule has 0 bridgehead atoms. The predicted molar refractivity (Wildman–Crippen MR) is 92.1 cm³/mol. The van der Waals surface area contributed by atoms with E-state index in [2.05, 4.69) is 0 Å². The number of nitrogen functional groups attached to an aromatic ring is 1. The van der Waals surface area contributed by atoms with Gasteiger partial charge in [0, 0.05) is 23.8 Å². The Bertz CT molecular complexity index is 699. The zero-order valence-corrected chi connectivity index (χ0v) is 13.8. The number of nitrogens with zero attached hydrogens (tertiary/aromatic N) is 1. The summed E-state index contributed by atoms with van der Waals surface area (Å²) in [5, 5.41) is 0. The second-order valence-corrected chi connectivity index (χ2v) is 5.87. The monoisotopic (exact) mass is 334 g/mol. The van der Waals surface area contributed by atoms with E-state index >= 15 is 0 Å². The van der Waals surface area contributed by atoms with E-state index in [1.807, 2.05) is 17.9 Å². The molecule has 0 heterocycles. The Balaban J connectivity index is 0.00000192. The van der Waals surface area contributed by atoms with Gasteiger partial charge in [0.25, 0.3) is 5.91 Å². The Morgan fingerprint density at radius 3 is 2.48 bits per heavy atom. The largest absolute Gasteiger partial charge is 0.399 e. The molecule has 2 aromatic rings. The molecule has 5 heteroatoms. The van der Waals surface area contributed by atoms with E-state index in [0.29, 0.717) is 17.8 Å². The summed E-state index contributed by atoms with van der Waals surface area (Å²) < 4.78 is 13.0. The van der Waals surface area contributed by atoms with Crippen LogP contribution in [-0.4, -0.2) is 16.8 Å². The average molecular weight is 335 g/mol. The molecule has 23 heavy (non-hydrogen) atoms. The number of carbonyl (C=O) groups excluding carboxylic acids is 1. The van der Waals surface area contributed by atoms with Crippen molar-refractivity contribution in [1.82, 2.24) is 4.90 Å². The fraction of sp³-hybridized carbons (Fsp3) is 0.278. The highest BCUT2D eigenvalue weighted by atomic mass is 35.5. The van der Waals surface area contributed by atoms with Crippen LogP contribution in [0.15, 0.2) is 42.5 Å². The molecule has 3 rings (SSSR count). The van der Waals surface area contributed by atoms with Crippen molar-refractivity contribution < 1.29 is 9.18 Å². The number of nitrogens with two attached hydrogens (primary N) is 1. The lowest BCUT2D eigenvalue weighted by atomic mass is 10.1. The van der Waals surface area contributed by atoms with Crippen molar-refractivity contribution in [1.29, 1.82) is 0 Å². The van der Waals surface area contributed by atoms with E-state index in [0.717, 1.165) is 24.0 Å². The summed E-state index contributed by atoms with van der Waals surface area (Å²) in [4.78, 5) is 14.7. The van der Waals surface area contributed by atoms with Gasteiger partial charge in [0.2, 0.25) is 0 Å². The van der Waals surface area contributed by atoms with Crippen molar-refractivity contribution in [3.8, 4) is 0 Å². The molecule has 122 valence electrons. The molecule has 1 fully saturated rings. The van der Waals surface area contributed by atoms with Gasteiger partial charge in [0.1, 0.15) is 5.82 Å². The van der Waals surface area contributed by atoms with Gasteiger partial charge in [-0.2, -0.15) is 0 Å². The topological polar surface area (TPSA) is 46.3 Å². The van der Waals surface area contributed by atoms with Gasteiger partial charge in [-0.3, -0.25) is 4.79 Å². The molecule has 0 saturated heterocycles. The van der Waals surface area contributed by atoms with Crippen LogP contribution in [0.1, 0.15) is 34.3 Å². The highest BCUT2D eigenvalue weighted by Gasteiger charge is 2.33. The molecule has 2 aromatic carbocycles. The van der Waals surface area contributed by atoms with E-state index in [1.165, 1.54) is 12.1 Å². The lowest BCUT2D eigenvalue weighted by Gasteiger charge is -2.23. The molecule has 1 amide bonds. The Morgan fingerprint density at radius 1 is 1.22 bits per heavy atom. The molecule has 1 aliphatic rings. The second-order valence-electron chi connectivity index (χ2n) is 5.87. The lowest BCUT2D eigenvalue weighted by molar-refractivity contribution is 0.0729. The van der Waals surface area contributed by atoms with Crippen LogP contribution < -0.4 is 5.73 Å². The number of halogens is 2. The average Bonchev–Trinajstić information content (AvgIpc) is 3.33. The maximum atomic E-state index is 13.0. The van der Waals surface area contributed by atoms with Crippen LogP contribution in [0.25, 0.3) is 0 Å². The van der Waals surface area contributed by atoms with Crippen LogP contribution in [0.5, 0.6) is 0 Å². The van der Waals surface area contributed by atoms with Crippen LogP contribution in [0.3, 0.4) is 0 Å². The van der Waals surface area contributed by atoms with E-state index in [1.54, 1.807) is 24.3 Å². The van der Waals surface area contributed by atoms with Gasteiger partial charge in [-0.25, -0.2) is 4.39 Å². The predicted octanol–water partition coefficient (Wildman–Crippen LogP) is 3.94. The zero-order valence-electron chi connectivity index (χ0n) is 13.0. The molecule has 0 aliphatic heterocycles. The van der Waals surface area contributed by atoms with E-state index in [9.17, 15) is 9.18 Å². The number of anilines is 1. The highest BCUT2D eigenvalue weighted by molar-refractivity contribution is 5.96. The quantitative estimate of drug-likeness (QED) is 0.861. The van der Waals surface area contributed by atoms with Crippen molar-refractivity contribution in [2.75, 3.05) is 5.73 Å². The number of rotatable bonds is 4. The number of hydrogen-bond acceptors (Lipinski definition) is 2. The number of hydrogen-bond donors (Lipinski definition) is 1. The third kappa shape index (κ3) is 4.02. The van der Waals surface area contributed by atoms with Gasteiger partial charge in [-0.1, -0.05) is 18.2 Å². The van der Waals surface area contributed by atoms with Gasteiger partial charge in [-0.05, 0) is 55.2 Å². The highest BCUT2D eigenvalue weighted by Crippen LogP contribution is 2.30. The molecule has 2 N–H and O–H groups in total. The van der Waals surface area contributed by atoms with E-state index < -0.39 is 0 Å². The number of amides is 1. The maximum absolute atomic E-state index is 13.0. The molecule has 1 saturated carbocycles. The van der Waals surface area contributed by atoms with Crippen LogP contribution >= 0.6 is 12.4 Å². The summed E-state index contributed by atoms with van der Waals surface area (Å²) in [7, 11) is 0. The fourth-order valence-electron chi connectivity index (χ4n) is 2.56. The smallest absolute Gasteiger partial charge is 0.254 e. The molecule has 0 aromatic heterocycles. The minimum atomic E-state index is -0.264. The van der Waals surface area contributed by atoms with Crippen LogP contribution in [-0.2, 0) is 6.54 Å². The van der Waals surface area contributed by atoms with Gasteiger partial charge < -0.3 is 10.6 Å². The molecular weight excluding hydrogens is 315 g/mol. The van der Waals surface area contributed by atoms with Crippen molar-refractivity contribution in [2.24, 2.45) is 0 Å². The third-order valence-corrected chi connectivity index (χ3v) is 4.01. The standard InChI is InChI=1S/C18H19FN2O.ClH/c1-12-2-7-15(20)10-17(12)18(22)21(16-8-9-16)11-13-3-5-14(19)6-4-13;/h2-7,10,16H,8-9,11,20H2,1H3;1H. The number of aryl methyl sites for hydroxylation is 1. The van der Waals surface area contributed by atoms with Gasteiger partial charge in [0.05, 0.1) is 0 Å². The molecular formula is C18H20ClFN2O. The number of benzene rings is 2. The minimum absolute atomic E-state index is 0. The van der Waals surface area contributed by atoms with Gasteiger partial charge in [0.15, 0.2) is 0 Å². The van der Waals surface area contributed by atoms with Crippen molar-refractivity contribution in [3.63, 3.8) is 0 Å². The molecule has 0 spiro atoms. The molecule has 0 unspecified atom stereocenters. The Morgan fingerprint density at radius 2 is 1.87 bits per heavy atom. The number of carbonyl (C=O) groups is 1. The molecule has 3 nitrogen and oxygen atoms in total. The summed E-state index contributed by atoms with van der Waals surface area (Å²) in [6, 6.07) is 12.0. The van der Waals surface area contributed by atoms with Crippen molar-refractivity contribution in [2.45, 2.75) is 32.4 Å². The zero-order chi connectivity index (χ0) is 15.7. The van der Waals surface area contributed by atoms with Crippen LogP contribution in [0, 0.1) is 12.7 Å². The SMILES string of the molecule is Cc1ccc(N)cc1C(=O)N(Cc1ccc(F)cc1)C1CC1.Cl. The first-order valence-electron chi connectivity index (χ1n) is 7.46.